The van der Waals surface area contributed by atoms with Gasteiger partial charge in [-0.15, -0.1) is 0 Å². The Morgan fingerprint density at radius 3 is 2.36 bits per heavy atom. The normalized spacial score (nSPS) is 16.8. The number of hydrogen-bond donors (Lipinski definition) is 2. The number of allylic oxidation sites excluding steroid dienone is 2. The van der Waals surface area contributed by atoms with Gasteiger partial charge in [0.1, 0.15) is 0 Å². The Hall–Kier alpha value is -0.880. The molecule has 5 nitrogen and oxygen atoms in total. The van der Waals surface area contributed by atoms with Gasteiger partial charge < -0.3 is 5.73 Å². The summed E-state index contributed by atoms with van der Waals surface area (Å²) in [7, 11) is -4.11. The van der Waals surface area contributed by atoms with E-state index >= 15 is 0 Å². The fraction of sp³-hybridized carbons (Fsp3) is 0.625. The molecule has 0 radical (unpaired) electrons. The zero-order valence-electron chi connectivity index (χ0n) is 8.23. The fourth-order valence-corrected chi connectivity index (χ4v) is 2.41. The average molecular weight is 221 g/mol. The molecule has 0 aliphatic rings. The first-order valence-electron chi connectivity index (χ1n) is 4.06. The van der Waals surface area contributed by atoms with E-state index < -0.39 is 27.2 Å². The van der Waals surface area contributed by atoms with Crippen LogP contribution in [0.15, 0.2) is 12.2 Å². The van der Waals surface area contributed by atoms with E-state index in [9.17, 15) is 13.2 Å². The number of nitrogens with two attached hydrogens (primary N) is 1. The molecule has 0 bridgehead atoms. The summed E-state index contributed by atoms with van der Waals surface area (Å²) in [6.45, 7) is 3.24. The quantitative estimate of drug-likeness (QED) is 0.516. The van der Waals surface area contributed by atoms with E-state index in [1.165, 1.54) is 0 Å². The van der Waals surface area contributed by atoms with Crippen LogP contribution in [0.25, 0.3) is 0 Å². The highest BCUT2D eigenvalue weighted by Crippen LogP contribution is 2.24. The van der Waals surface area contributed by atoms with Crippen LogP contribution in [0.3, 0.4) is 0 Å². The van der Waals surface area contributed by atoms with Gasteiger partial charge in [-0.3, -0.25) is 9.35 Å². The minimum absolute atomic E-state index is 0.114. The molecular formula is C8H15NO4S. The molecule has 14 heavy (non-hydrogen) atoms. The molecule has 82 valence electrons. The molecule has 1 amide bonds. The topological polar surface area (TPSA) is 97.5 Å². The Morgan fingerprint density at radius 1 is 1.57 bits per heavy atom. The van der Waals surface area contributed by atoms with Crippen molar-refractivity contribution in [3.05, 3.63) is 12.2 Å². The SMILES string of the molecule is CC=CC(C)(CC(N)=O)CS(=O)(=O)O. The Balaban J connectivity index is 4.81. The van der Waals surface area contributed by atoms with Gasteiger partial charge in [0.15, 0.2) is 0 Å². The van der Waals surface area contributed by atoms with Gasteiger partial charge in [-0.1, -0.05) is 19.1 Å². The number of carbonyl (C=O) groups is 1. The summed E-state index contributed by atoms with van der Waals surface area (Å²) in [6, 6.07) is 0. The van der Waals surface area contributed by atoms with Gasteiger partial charge in [0.25, 0.3) is 10.1 Å². The van der Waals surface area contributed by atoms with Crippen LogP contribution < -0.4 is 5.73 Å². The zero-order chi connectivity index (χ0) is 11.4. The van der Waals surface area contributed by atoms with Gasteiger partial charge in [0, 0.05) is 11.8 Å². The maximum Gasteiger partial charge on any atom is 0.265 e. The molecule has 0 rings (SSSR count). The fourth-order valence-electron chi connectivity index (χ4n) is 1.38. The number of hydrogen-bond acceptors (Lipinski definition) is 3. The third kappa shape index (κ3) is 5.71. The molecule has 0 aromatic carbocycles. The second-order valence-corrected chi connectivity index (χ2v) is 4.98. The molecule has 1 atom stereocenters. The van der Waals surface area contributed by atoms with Crippen molar-refractivity contribution < 1.29 is 17.8 Å². The van der Waals surface area contributed by atoms with Gasteiger partial charge in [0.2, 0.25) is 5.91 Å². The highest BCUT2D eigenvalue weighted by molar-refractivity contribution is 7.85. The van der Waals surface area contributed by atoms with E-state index in [4.69, 9.17) is 10.3 Å². The van der Waals surface area contributed by atoms with Gasteiger partial charge in [-0.2, -0.15) is 8.42 Å². The first kappa shape index (κ1) is 13.1. The van der Waals surface area contributed by atoms with Crippen molar-refractivity contribution in [2.75, 3.05) is 5.75 Å². The van der Waals surface area contributed by atoms with Crippen LogP contribution in [0.5, 0.6) is 0 Å². The predicted octanol–water partition coefficient (Wildman–Crippen LogP) is 0.332. The Bertz CT molecular complexity index is 333. The van der Waals surface area contributed by atoms with Gasteiger partial charge in [-0.25, -0.2) is 0 Å². The van der Waals surface area contributed by atoms with Crippen molar-refractivity contribution >= 4 is 16.0 Å². The number of carbonyl (C=O) groups excluding carboxylic acids is 1. The van der Waals surface area contributed by atoms with E-state index in [1.807, 2.05) is 0 Å². The predicted molar refractivity (Wildman–Crippen MR) is 53.1 cm³/mol. The molecule has 0 aromatic rings. The van der Waals surface area contributed by atoms with Gasteiger partial charge in [0.05, 0.1) is 5.75 Å². The third-order valence-electron chi connectivity index (χ3n) is 1.66. The Labute approximate surface area is 83.7 Å². The van der Waals surface area contributed by atoms with E-state index in [2.05, 4.69) is 0 Å². The monoisotopic (exact) mass is 221 g/mol. The Kier molecular flexibility index (Phi) is 4.28. The van der Waals surface area contributed by atoms with Crippen molar-refractivity contribution in [1.29, 1.82) is 0 Å². The summed E-state index contributed by atoms with van der Waals surface area (Å²) in [6.07, 6.45) is 3.05. The number of primary amides is 1. The second-order valence-electron chi connectivity index (χ2n) is 3.52. The largest absolute Gasteiger partial charge is 0.370 e. The first-order chi connectivity index (χ1) is 6.18. The lowest BCUT2D eigenvalue weighted by molar-refractivity contribution is -0.119. The van der Waals surface area contributed by atoms with Crippen LogP contribution in [-0.4, -0.2) is 24.6 Å². The second kappa shape index (κ2) is 4.56. The molecule has 0 aliphatic carbocycles. The van der Waals surface area contributed by atoms with E-state index in [0.717, 1.165) is 0 Å². The highest BCUT2D eigenvalue weighted by atomic mass is 32.2. The molecule has 6 heteroatoms. The molecule has 0 aromatic heterocycles. The smallest absolute Gasteiger partial charge is 0.265 e. The highest BCUT2D eigenvalue weighted by Gasteiger charge is 2.29. The molecule has 0 fully saturated rings. The molecule has 0 heterocycles. The van der Waals surface area contributed by atoms with Crippen molar-refractivity contribution in [2.45, 2.75) is 20.3 Å². The van der Waals surface area contributed by atoms with Gasteiger partial charge in [-0.05, 0) is 6.92 Å². The maximum atomic E-state index is 10.7. The Morgan fingerprint density at radius 2 is 2.07 bits per heavy atom. The van der Waals surface area contributed by atoms with Crippen LogP contribution in [-0.2, 0) is 14.9 Å². The summed E-state index contributed by atoms with van der Waals surface area (Å²) >= 11 is 0. The lowest BCUT2D eigenvalue weighted by Gasteiger charge is -2.22. The van der Waals surface area contributed by atoms with Crippen molar-refractivity contribution in [3.8, 4) is 0 Å². The standard InChI is InChI=1S/C8H15NO4S/c1-3-4-8(2,5-7(9)10)6-14(11,12)13/h3-4H,5-6H2,1-2H3,(H2,9,10)(H,11,12,13). The van der Waals surface area contributed by atoms with E-state index in [1.54, 1.807) is 26.0 Å². The minimum atomic E-state index is -4.11. The zero-order valence-corrected chi connectivity index (χ0v) is 9.04. The van der Waals surface area contributed by atoms with Crippen molar-refractivity contribution in [1.82, 2.24) is 0 Å². The van der Waals surface area contributed by atoms with Gasteiger partial charge >= 0.3 is 0 Å². The summed E-state index contributed by atoms with van der Waals surface area (Å²) in [5.41, 5.74) is 4.04. The lowest BCUT2D eigenvalue weighted by atomic mass is 9.88. The summed E-state index contributed by atoms with van der Waals surface area (Å²) in [5, 5.41) is 0. The van der Waals surface area contributed by atoms with Crippen LogP contribution in [0.2, 0.25) is 0 Å². The molecular weight excluding hydrogens is 206 g/mol. The van der Waals surface area contributed by atoms with Crippen LogP contribution >= 0.6 is 0 Å². The van der Waals surface area contributed by atoms with Crippen molar-refractivity contribution in [3.63, 3.8) is 0 Å². The minimum Gasteiger partial charge on any atom is -0.370 e. The maximum absolute atomic E-state index is 10.7. The summed E-state index contributed by atoms with van der Waals surface area (Å²) in [4.78, 5) is 10.7. The molecule has 1 unspecified atom stereocenters. The number of amides is 1. The molecule has 3 N–H and O–H groups in total. The molecule has 0 saturated heterocycles. The first-order valence-corrected chi connectivity index (χ1v) is 5.67. The third-order valence-corrected chi connectivity index (χ3v) is 2.68. The lowest BCUT2D eigenvalue weighted by Crippen LogP contribution is -2.30. The molecule has 0 spiro atoms. The number of rotatable bonds is 5. The van der Waals surface area contributed by atoms with Crippen LogP contribution in [0, 0.1) is 5.41 Å². The van der Waals surface area contributed by atoms with Crippen molar-refractivity contribution in [2.24, 2.45) is 11.1 Å². The van der Waals surface area contributed by atoms with Crippen LogP contribution in [0.1, 0.15) is 20.3 Å². The van der Waals surface area contributed by atoms with E-state index in [0.29, 0.717) is 0 Å². The van der Waals surface area contributed by atoms with E-state index in [-0.39, 0.29) is 6.42 Å². The summed E-state index contributed by atoms with van der Waals surface area (Å²) < 4.78 is 30.0. The average Bonchev–Trinajstić information content (AvgIpc) is 1.78. The summed E-state index contributed by atoms with van der Waals surface area (Å²) in [5.74, 6) is -1.11. The molecule has 0 saturated carbocycles. The van der Waals surface area contributed by atoms with Crippen LogP contribution in [0.4, 0.5) is 0 Å². The molecule has 0 aliphatic heterocycles.